The number of aliphatic hydroxyl groups excluding tert-OH is 1. The lowest BCUT2D eigenvalue weighted by Gasteiger charge is -2.13. The molecular weight excluding hydrogens is 190 g/mol. The van der Waals surface area contributed by atoms with Gasteiger partial charge in [0.25, 0.3) is 0 Å². The Bertz CT molecular complexity index is 184. The Morgan fingerprint density at radius 3 is 2.67 bits per heavy atom. The smallest absolute Gasteiger partial charge is 0.225 e. The largest absolute Gasteiger partial charge is 0.396 e. The fraction of sp³-hybridized carbons (Fsp3) is 0.917. The van der Waals surface area contributed by atoms with Gasteiger partial charge in [-0.3, -0.25) is 4.79 Å². The lowest BCUT2D eigenvalue weighted by molar-refractivity contribution is -0.126. The molecule has 0 radical (unpaired) electrons. The van der Waals surface area contributed by atoms with E-state index in [4.69, 9.17) is 5.11 Å². The highest BCUT2D eigenvalue weighted by atomic mass is 16.3. The average molecular weight is 213 g/mol. The van der Waals surface area contributed by atoms with Crippen molar-refractivity contribution >= 4 is 5.91 Å². The molecular formula is C12H23NO2. The Hall–Kier alpha value is -0.570. The molecule has 1 aliphatic carbocycles. The lowest BCUT2D eigenvalue weighted by atomic mass is 10.0. The number of carbonyl (C=O) groups excluding carboxylic acids is 1. The Kier molecular flexibility index (Phi) is 5.69. The van der Waals surface area contributed by atoms with E-state index in [1.165, 1.54) is 25.7 Å². The van der Waals surface area contributed by atoms with Gasteiger partial charge in [0.2, 0.25) is 5.91 Å². The topological polar surface area (TPSA) is 49.3 Å². The van der Waals surface area contributed by atoms with Gasteiger partial charge < -0.3 is 10.4 Å². The first kappa shape index (κ1) is 12.5. The molecule has 1 aliphatic rings. The van der Waals surface area contributed by atoms with E-state index in [-0.39, 0.29) is 18.4 Å². The highest BCUT2D eigenvalue weighted by molar-refractivity contribution is 5.78. The van der Waals surface area contributed by atoms with Gasteiger partial charge >= 0.3 is 0 Å². The van der Waals surface area contributed by atoms with Gasteiger partial charge in [-0.2, -0.15) is 0 Å². The van der Waals surface area contributed by atoms with E-state index < -0.39 is 0 Å². The second-order valence-electron chi connectivity index (χ2n) is 4.52. The Balaban J connectivity index is 2.10. The molecule has 1 unspecified atom stereocenters. The molecule has 1 rings (SSSR count). The molecule has 1 amide bonds. The van der Waals surface area contributed by atoms with Crippen molar-refractivity contribution in [3.8, 4) is 0 Å². The quantitative estimate of drug-likeness (QED) is 0.705. The standard InChI is InChI=1S/C12H23NO2/c1-2-11(9-14)12(15)13-8-7-10-5-3-4-6-10/h10-11,14H,2-9H2,1H3,(H,13,15). The molecule has 1 fully saturated rings. The zero-order valence-electron chi connectivity index (χ0n) is 9.67. The van der Waals surface area contributed by atoms with Crippen LogP contribution < -0.4 is 5.32 Å². The molecule has 3 nitrogen and oxygen atoms in total. The number of rotatable bonds is 6. The first-order valence-corrected chi connectivity index (χ1v) is 6.16. The van der Waals surface area contributed by atoms with Gasteiger partial charge in [-0.15, -0.1) is 0 Å². The first-order chi connectivity index (χ1) is 7.27. The van der Waals surface area contributed by atoms with Crippen LogP contribution in [0.2, 0.25) is 0 Å². The van der Waals surface area contributed by atoms with E-state index in [0.29, 0.717) is 6.42 Å². The van der Waals surface area contributed by atoms with Gasteiger partial charge in [0.05, 0.1) is 12.5 Å². The van der Waals surface area contributed by atoms with E-state index in [9.17, 15) is 4.79 Å². The Labute approximate surface area is 92.3 Å². The van der Waals surface area contributed by atoms with Crippen LogP contribution in [-0.4, -0.2) is 24.2 Å². The van der Waals surface area contributed by atoms with Crippen LogP contribution in [0.15, 0.2) is 0 Å². The van der Waals surface area contributed by atoms with Crippen molar-refractivity contribution in [1.82, 2.24) is 5.32 Å². The van der Waals surface area contributed by atoms with E-state index >= 15 is 0 Å². The molecule has 1 atom stereocenters. The highest BCUT2D eigenvalue weighted by Crippen LogP contribution is 2.26. The Morgan fingerprint density at radius 2 is 2.13 bits per heavy atom. The molecule has 0 aromatic carbocycles. The van der Waals surface area contributed by atoms with Gasteiger partial charge in [-0.05, 0) is 18.8 Å². The molecule has 15 heavy (non-hydrogen) atoms. The number of amides is 1. The molecule has 3 heteroatoms. The molecule has 0 aromatic rings. The number of nitrogens with one attached hydrogen (secondary N) is 1. The summed E-state index contributed by atoms with van der Waals surface area (Å²) in [6.45, 7) is 2.67. The zero-order valence-corrected chi connectivity index (χ0v) is 9.67. The maximum absolute atomic E-state index is 11.5. The molecule has 0 saturated heterocycles. The van der Waals surface area contributed by atoms with E-state index in [1.54, 1.807) is 0 Å². The molecule has 0 aliphatic heterocycles. The van der Waals surface area contributed by atoms with E-state index in [1.807, 2.05) is 6.92 Å². The number of aliphatic hydroxyl groups is 1. The van der Waals surface area contributed by atoms with Crippen LogP contribution in [-0.2, 0) is 4.79 Å². The molecule has 88 valence electrons. The Morgan fingerprint density at radius 1 is 1.47 bits per heavy atom. The van der Waals surface area contributed by atoms with Crippen molar-refractivity contribution < 1.29 is 9.90 Å². The zero-order chi connectivity index (χ0) is 11.1. The molecule has 0 aromatic heterocycles. The second kappa shape index (κ2) is 6.83. The maximum atomic E-state index is 11.5. The van der Waals surface area contributed by atoms with Gasteiger partial charge in [0, 0.05) is 6.54 Å². The summed E-state index contributed by atoms with van der Waals surface area (Å²) >= 11 is 0. The second-order valence-corrected chi connectivity index (χ2v) is 4.52. The van der Waals surface area contributed by atoms with Crippen LogP contribution in [0.4, 0.5) is 0 Å². The van der Waals surface area contributed by atoms with Crippen molar-refractivity contribution in [2.45, 2.75) is 45.4 Å². The average Bonchev–Trinajstić information content (AvgIpc) is 2.72. The number of hydrogen-bond donors (Lipinski definition) is 2. The van der Waals surface area contributed by atoms with Gasteiger partial charge in [0.15, 0.2) is 0 Å². The molecule has 0 spiro atoms. The monoisotopic (exact) mass is 213 g/mol. The van der Waals surface area contributed by atoms with Crippen molar-refractivity contribution in [2.24, 2.45) is 11.8 Å². The van der Waals surface area contributed by atoms with Crippen LogP contribution in [0.5, 0.6) is 0 Å². The summed E-state index contributed by atoms with van der Waals surface area (Å²) in [6.07, 6.45) is 7.18. The minimum Gasteiger partial charge on any atom is -0.396 e. The predicted molar refractivity (Wildman–Crippen MR) is 60.5 cm³/mol. The summed E-state index contributed by atoms with van der Waals surface area (Å²) in [5.41, 5.74) is 0. The summed E-state index contributed by atoms with van der Waals surface area (Å²) in [6, 6.07) is 0. The highest BCUT2D eigenvalue weighted by Gasteiger charge is 2.17. The summed E-state index contributed by atoms with van der Waals surface area (Å²) < 4.78 is 0. The number of hydrogen-bond acceptors (Lipinski definition) is 2. The SMILES string of the molecule is CCC(CO)C(=O)NCCC1CCCC1. The van der Waals surface area contributed by atoms with Crippen molar-refractivity contribution in [1.29, 1.82) is 0 Å². The fourth-order valence-electron chi connectivity index (χ4n) is 2.24. The van der Waals surface area contributed by atoms with Gasteiger partial charge in [-0.25, -0.2) is 0 Å². The fourth-order valence-corrected chi connectivity index (χ4v) is 2.24. The van der Waals surface area contributed by atoms with Crippen LogP contribution >= 0.6 is 0 Å². The minimum atomic E-state index is -0.214. The van der Waals surface area contributed by atoms with Crippen LogP contribution in [0.25, 0.3) is 0 Å². The van der Waals surface area contributed by atoms with Gasteiger partial charge in [-0.1, -0.05) is 32.6 Å². The normalized spacial score (nSPS) is 19.1. The molecule has 1 saturated carbocycles. The maximum Gasteiger partial charge on any atom is 0.225 e. The van der Waals surface area contributed by atoms with Crippen LogP contribution in [0.1, 0.15) is 45.4 Å². The van der Waals surface area contributed by atoms with Crippen LogP contribution in [0, 0.1) is 11.8 Å². The summed E-state index contributed by atoms with van der Waals surface area (Å²) in [4.78, 5) is 11.5. The summed E-state index contributed by atoms with van der Waals surface area (Å²) in [7, 11) is 0. The third-order valence-corrected chi connectivity index (χ3v) is 3.41. The third-order valence-electron chi connectivity index (χ3n) is 3.41. The first-order valence-electron chi connectivity index (χ1n) is 6.16. The van der Waals surface area contributed by atoms with Crippen molar-refractivity contribution in [3.63, 3.8) is 0 Å². The minimum absolute atomic E-state index is 0.0120. The van der Waals surface area contributed by atoms with E-state index in [2.05, 4.69) is 5.32 Å². The van der Waals surface area contributed by atoms with E-state index in [0.717, 1.165) is 18.9 Å². The molecule has 0 bridgehead atoms. The van der Waals surface area contributed by atoms with Crippen molar-refractivity contribution in [3.05, 3.63) is 0 Å². The molecule has 2 N–H and O–H groups in total. The predicted octanol–water partition coefficient (Wildman–Crippen LogP) is 1.70. The van der Waals surface area contributed by atoms with Crippen molar-refractivity contribution in [2.75, 3.05) is 13.2 Å². The van der Waals surface area contributed by atoms with Gasteiger partial charge in [0.1, 0.15) is 0 Å². The van der Waals surface area contributed by atoms with Crippen LogP contribution in [0.3, 0.4) is 0 Å². The molecule has 0 heterocycles. The summed E-state index contributed by atoms with van der Waals surface area (Å²) in [5, 5.41) is 11.9. The number of carbonyl (C=O) groups is 1. The summed E-state index contributed by atoms with van der Waals surface area (Å²) in [5.74, 6) is 0.617. The third kappa shape index (κ3) is 4.20. The lowest BCUT2D eigenvalue weighted by Crippen LogP contribution is -2.33.